The Kier molecular flexibility index (Phi) is 7.19. The van der Waals surface area contributed by atoms with Crippen molar-refractivity contribution in [1.29, 1.82) is 0 Å². The fraction of sp³-hybridized carbons (Fsp3) is 0.273. The molecule has 4 rings (SSSR count). The lowest BCUT2D eigenvalue weighted by molar-refractivity contribution is -0.128. The Labute approximate surface area is 221 Å². The topological polar surface area (TPSA) is 153 Å². The van der Waals surface area contributed by atoms with Crippen LogP contribution >= 0.6 is 34.8 Å². The van der Waals surface area contributed by atoms with E-state index in [2.05, 4.69) is 20.9 Å². The molecular formula is C22H22Cl3N7O4. The molecule has 1 aromatic heterocycles. The number of amides is 3. The zero-order valence-corrected chi connectivity index (χ0v) is 21.3. The largest absolute Gasteiger partial charge is 0.506 e. The number of nitrogens with two attached hydrogens (primary N) is 1. The van der Waals surface area contributed by atoms with Crippen LogP contribution in [-0.2, 0) is 9.59 Å². The molecule has 6 N–H and O–H groups in total. The Balaban J connectivity index is 1.66. The quantitative estimate of drug-likeness (QED) is 0.267. The van der Waals surface area contributed by atoms with Crippen LogP contribution in [0, 0.1) is 5.92 Å². The molecule has 0 spiro atoms. The van der Waals surface area contributed by atoms with Gasteiger partial charge >= 0.3 is 0 Å². The molecule has 0 aliphatic carbocycles. The van der Waals surface area contributed by atoms with Gasteiger partial charge < -0.3 is 31.3 Å². The van der Waals surface area contributed by atoms with Gasteiger partial charge in [-0.25, -0.2) is 4.98 Å². The summed E-state index contributed by atoms with van der Waals surface area (Å²) in [5.41, 5.74) is 5.49. The Morgan fingerprint density at radius 2 is 1.97 bits per heavy atom. The Bertz CT molecular complexity index is 1290. The highest BCUT2D eigenvalue weighted by Crippen LogP contribution is 2.40. The lowest BCUT2D eigenvalue weighted by atomic mass is 9.90. The van der Waals surface area contributed by atoms with E-state index in [0.717, 1.165) is 0 Å². The first-order valence-electron chi connectivity index (χ1n) is 10.6. The van der Waals surface area contributed by atoms with Crippen molar-refractivity contribution in [1.82, 2.24) is 20.5 Å². The van der Waals surface area contributed by atoms with Crippen molar-refractivity contribution < 1.29 is 19.5 Å². The average molecular weight is 555 g/mol. The van der Waals surface area contributed by atoms with Gasteiger partial charge in [0, 0.05) is 26.4 Å². The first-order chi connectivity index (χ1) is 17.0. The molecule has 1 aromatic carbocycles. The molecule has 1 saturated heterocycles. The van der Waals surface area contributed by atoms with Gasteiger partial charge in [0.2, 0.25) is 11.8 Å². The third kappa shape index (κ3) is 5.00. The molecule has 0 saturated carbocycles. The number of alkyl halides is 1. The number of phenols is 1. The number of pyridine rings is 1. The maximum atomic E-state index is 13.0. The van der Waals surface area contributed by atoms with Crippen LogP contribution in [0.15, 0.2) is 30.6 Å². The first-order valence-corrected chi connectivity index (χ1v) is 11.8. The zero-order valence-electron chi connectivity index (χ0n) is 19.1. The molecule has 0 bridgehead atoms. The van der Waals surface area contributed by atoms with Crippen molar-refractivity contribution in [2.75, 3.05) is 30.9 Å². The van der Waals surface area contributed by atoms with Crippen LogP contribution in [0.4, 0.5) is 11.5 Å². The number of aromatic hydroxyl groups is 1. The van der Waals surface area contributed by atoms with Gasteiger partial charge in [-0.05, 0) is 23.3 Å². The lowest BCUT2D eigenvalue weighted by Gasteiger charge is -2.36. The van der Waals surface area contributed by atoms with Crippen LogP contribution in [0.1, 0.15) is 15.9 Å². The number of carbonyl (C=O) groups excluding carboxylic acids is 3. The summed E-state index contributed by atoms with van der Waals surface area (Å²) in [6.45, 7) is -0.168. The number of hydrogen-bond acceptors (Lipinski definition) is 8. The molecule has 14 heteroatoms. The third-order valence-corrected chi connectivity index (χ3v) is 6.57. The van der Waals surface area contributed by atoms with Gasteiger partial charge in [-0.15, -0.1) is 0 Å². The molecule has 11 nitrogen and oxygen atoms in total. The lowest BCUT2D eigenvalue weighted by Crippen LogP contribution is -2.62. The second-order valence-corrected chi connectivity index (χ2v) is 9.65. The van der Waals surface area contributed by atoms with E-state index in [1.165, 1.54) is 18.3 Å². The van der Waals surface area contributed by atoms with Crippen molar-refractivity contribution in [2.45, 2.75) is 11.8 Å². The van der Waals surface area contributed by atoms with Gasteiger partial charge in [-0.1, -0.05) is 34.8 Å². The van der Waals surface area contributed by atoms with Crippen molar-refractivity contribution in [3.05, 3.63) is 51.8 Å². The maximum absolute atomic E-state index is 13.0. The molecular weight excluding hydrogens is 533 g/mol. The van der Waals surface area contributed by atoms with E-state index in [-0.39, 0.29) is 22.2 Å². The number of halogens is 3. The van der Waals surface area contributed by atoms with E-state index in [9.17, 15) is 19.5 Å². The number of carbonyl (C=O) groups is 3. The number of nitrogens with one attached hydrogen (secondary N) is 3. The minimum absolute atomic E-state index is 0.113. The summed E-state index contributed by atoms with van der Waals surface area (Å²) in [6, 6.07) is 4.39. The van der Waals surface area contributed by atoms with Gasteiger partial charge in [-0.2, -0.15) is 0 Å². The SMILES string of the molecule is CN(C)c1cc(NC(=O)CN2C=C(c3cc(Cl)c(O)c(C(N)=O)c3)C3C(=O)NC(Cl)NC32)c(Cl)cn1. The van der Waals surface area contributed by atoms with E-state index in [4.69, 9.17) is 40.5 Å². The molecule has 2 aromatic rings. The molecule has 36 heavy (non-hydrogen) atoms. The molecule has 3 heterocycles. The van der Waals surface area contributed by atoms with Crippen molar-refractivity contribution >= 4 is 69.6 Å². The highest BCUT2D eigenvalue weighted by Gasteiger charge is 2.45. The summed E-state index contributed by atoms with van der Waals surface area (Å²) in [6.07, 6.45) is 2.35. The van der Waals surface area contributed by atoms with Crippen LogP contribution in [0.3, 0.4) is 0 Å². The van der Waals surface area contributed by atoms with E-state index in [0.29, 0.717) is 22.6 Å². The summed E-state index contributed by atoms with van der Waals surface area (Å²) >= 11 is 18.5. The van der Waals surface area contributed by atoms with Crippen LogP contribution < -0.4 is 26.6 Å². The van der Waals surface area contributed by atoms with Gasteiger partial charge in [0.05, 0.1) is 46.1 Å². The van der Waals surface area contributed by atoms with Crippen molar-refractivity contribution in [3.8, 4) is 5.75 Å². The number of hydrogen-bond donors (Lipinski definition) is 5. The number of fused-ring (bicyclic) bond motifs is 1. The summed E-state index contributed by atoms with van der Waals surface area (Å²) in [5.74, 6) is -2.36. The van der Waals surface area contributed by atoms with Crippen LogP contribution in [0.2, 0.25) is 10.0 Å². The van der Waals surface area contributed by atoms with Crippen molar-refractivity contribution in [3.63, 3.8) is 0 Å². The third-order valence-electron chi connectivity index (χ3n) is 5.74. The minimum atomic E-state index is -0.888. The predicted octanol–water partition coefficient (Wildman–Crippen LogP) is 1.74. The number of primary amides is 1. The van der Waals surface area contributed by atoms with Gasteiger partial charge in [0.15, 0.2) is 5.62 Å². The first kappa shape index (κ1) is 25.8. The molecule has 2 aliphatic heterocycles. The average Bonchev–Trinajstić information content (AvgIpc) is 3.14. The van der Waals surface area contributed by atoms with E-state index in [1.807, 2.05) is 0 Å². The fourth-order valence-electron chi connectivity index (χ4n) is 4.06. The fourth-order valence-corrected chi connectivity index (χ4v) is 4.67. The van der Waals surface area contributed by atoms with Gasteiger partial charge in [0.25, 0.3) is 5.91 Å². The summed E-state index contributed by atoms with van der Waals surface area (Å²) < 4.78 is 0. The zero-order chi connectivity index (χ0) is 26.3. The molecule has 3 atom stereocenters. The second kappa shape index (κ2) is 10.0. The predicted molar refractivity (Wildman–Crippen MR) is 137 cm³/mol. The maximum Gasteiger partial charge on any atom is 0.252 e. The van der Waals surface area contributed by atoms with Gasteiger partial charge in [-0.3, -0.25) is 19.7 Å². The summed E-state index contributed by atoms with van der Waals surface area (Å²) in [7, 11) is 3.61. The van der Waals surface area contributed by atoms with Crippen LogP contribution in [0.5, 0.6) is 5.75 Å². The van der Waals surface area contributed by atoms with Crippen molar-refractivity contribution in [2.24, 2.45) is 11.7 Å². The van der Waals surface area contributed by atoms with Crippen LogP contribution in [0.25, 0.3) is 5.57 Å². The van der Waals surface area contributed by atoms with Crippen LogP contribution in [-0.4, -0.2) is 65.1 Å². The Hall–Kier alpha value is -3.25. The molecule has 2 aliphatic rings. The number of nitrogens with zero attached hydrogens (tertiary/aromatic N) is 3. The molecule has 1 fully saturated rings. The smallest absolute Gasteiger partial charge is 0.252 e. The standard InChI is InChI=1S/C22H22Cl3N7O4/c1-31(2)15-5-14(13(24)6-27-15)28-16(33)8-32-7-11(17-20(32)29-22(25)30-21(17)36)9-3-10(19(26)35)18(34)12(23)4-9/h3-7,17,20,22,29,34H,8H2,1-2H3,(H2,26,35)(H,30,36)(H,27,28,33). The Morgan fingerprint density at radius 3 is 2.64 bits per heavy atom. The monoisotopic (exact) mass is 553 g/mol. The number of aromatic nitrogens is 1. The molecule has 190 valence electrons. The van der Waals surface area contributed by atoms with Gasteiger partial charge in [0.1, 0.15) is 11.6 Å². The normalized spacial score (nSPS) is 20.9. The highest BCUT2D eigenvalue weighted by atomic mass is 35.5. The van der Waals surface area contributed by atoms with E-state index >= 15 is 0 Å². The Morgan fingerprint density at radius 1 is 1.25 bits per heavy atom. The molecule has 3 amide bonds. The minimum Gasteiger partial charge on any atom is -0.506 e. The number of benzene rings is 1. The summed E-state index contributed by atoms with van der Waals surface area (Å²) in [5, 5.41) is 18.6. The van der Waals surface area contributed by atoms with E-state index < -0.39 is 41.2 Å². The summed E-state index contributed by atoms with van der Waals surface area (Å²) in [4.78, 5) is 45.2. The number of anilines is 2. The molecule has 0 radical (unpaired) electrons. The molecule has 3 unspecified atom stereocenters. The number of rotatable bonds is 6. The highest BCUT2D eigenvalue weighted by molar-refractivity contribution is 6.34. The second-order valence-electron chi connectivity index (χ2n) is 8.40. The van der Waals surface area contributed by atoms with E-state index in [1.54, 1.807) is 36.2 Å².